The Labute approximate surface area is 106 Å². The molecule has 1 aliphatic rings. The molecule has 1 fully saturated rings. The number of hydrogen-bond acceptors (Lipinski definition) is 3. The van der Waals surface area contributed by atoms with Crippen molar-refractivity contribution in [2.45, 2.75) is 58.6 Å². The van der Waals surface area contributed by atoms with E-state index in [9.17, 15) is 21.6 Å². The SMILES string of the molecule is CC1(C)CC(OS(=O)(=O)C(F)(F)F)CC(C)(C)C1. The Morgan fingerprint density at radius 3 is 1.78 bits per heavy atom. The van der Waals surface area contributed by atoms with Crippen LogP contribution in [0.5, 0.6) is 0 Å². The summed E-state index contributed by atoms with van der Waals surface area (Å²) in [5.74, 6) is 0. The highest BCUT2D eigenvalue weighted by atomic mass is 32.2. The molecule has 18 heavy (non-hydrogen) atoms. The van der Waals surface area contributed by atoms with Gasteiger partial charge in [-0.1, -0.05) is 27.7 Å². The summed E-state index contributed by atoms with van der Waals surface area (Å²) >= 11 is 0. The van der Waals surface area contributed by atoms with Gasteiger partial charge in [0.1, 0.15) is 0 Å². The van der Waals surface area contributed by atoms with Crippen LogP contribution in [0.15, 0.2) is 0 Å². The summed E-state index contributed by atoms with van der Waals surface area (Å²) < 4.78 is 63.1. The lowest BCUT2D eigenvalue weighted by Gasteiger charge is -2.44. The third-order valence-corrected chi connectivity index (χ3v) is 4.16. The second kappa shape index (κ2) is 4.37. The summed E-state index contributed by atoms with van der Waals surface area (Å²) in [6.07, 6.45) is 0.541. The standard InChI is InChI=1S/C11H19F3O3S/c1-9(2)5-8(6-10(3,4)7-9)17-18(15,16)11(12,13)14/h8H,5-7H2,1-4H3. The first-order valence-electron chi connectivity index (χ1n) is 5.74. The van der Waals surface area contributed by atoms with E-state index in [1.807, 2.05) is 27.7 Å². The van der Waals surface area contributed by atoms with Crippen LogP contribution >= 0.6 is 0 Å². The van der Waals surface area contributed by atoms with Crippen LogP contribution in [-0.4, -0.2) is 20.0 Å². The van der Waals surface area contributed by atoms with Crippen molar-refractivity contribution in [2.75, 3.05) is 0 Å². The van der Waals surface area contributed by atoms with Gasteiger partial charge in [-0.05, 0) is 30.1 Å². The molecule has 0 heterocycles. The lowest BCUT2D eigenvalue weighted by Crippen LogP contribution is -2.40. The Bertz CT molecular complexity index is 394. The number of hydrogen-bond donors (Lipinski definition) is 0. The lowest BCUT2D eigenvalue weighted by atomic mass is 9.64. The van der Waals surface area contributed by atoms with E-state index < -0.39 is 21.7 Å². The number of halogens is 3. The van der Waals surface area contributed by atoms with E-state index >= 15 is 0 Å². The van der Waals surface area contributed by atoms with Gasteiger partial charge >= 0.3 is 15.6 Å². The molecular weight excluding hydrogens is 269 g/mol. The van der Waals surface area contributed by atoms with Gasteiger partial charge in [0.2, 0.25) is 0 Å². The number of alkyl halides is 3. The molecule has 0 bridgehead atoms. The topological polar surface area (TPSA) is 43.4 Å². The Morgan fingerprint density at radius 2 is 1.44 bits per heavy atom. The van der Waals surface area contributed by atoms with Crippen LogP contribution in [0, 0.1) is 10.8 Å². The fourth-order valence-corrected chi connectivity index (χ4v) is 3.65. The maximum absolute atomic E-state index is 12.3. The third-order valence-electron chi connectivity index (χ3n) is 3.06. The highest BCUT2D eigenvalue weighted by molar-refractivity contribution is 7.87. The molecule has 0 aromatic rings. The van der Waals surface area contributed by atoms with E-state index in [2.05, 4.69) is 4.18 Å². The maximum Gasteiger partial charge on any atom is 0.523 e. The van der Waals surface area contributed by atoms with Crippen molar-refractivity contribution >= 4 is 10.1 Å². The van der Waals surface area contributed by atoms with E-state index in [4.69, 9.17) is 0 Å². The van der Waals surface area contributed by atoms with Crippen molar-refractivity contribution in [1.82, 2.24) is 0 Å². The minimum absolute atomic E-state index is 0.229. The van der Waals surface area contributed by atoms with Crippen LogP contribution in [0.3, 0.4) is 0 Å². The van der Waals surface area contributed by atoms with Gasteiger partial charge in [-0.15, -0.1) is 0 Å². The van der Waals surface area contributed by atoms with E-state index in [1.165, 1.54) is 0 Å². The average molecular weight is 288 g/mol. The average Bonchev–Trinajstić information content (AvgIpc) is 1.92. The monoisotopic (exact) mass is 288 g/mol. The molecule has 1 aliphatic carbocycles. The Morgan fingerprint density at radius 1 is 1.06 bits per heavy atom. The second-order valence-electron chi connectivity index (χ2n) is 6.53. The van der Waals surface area contributed by atoms with E-state index in [0.717, 1.165) is 6.42 Å². The molecule has 0 N–H and O–H groups in total. The van der Waals surface area contributed by atoms with Crippen LogP contribution in [0.2, 0.25) is 0 Å². The normalized spacial score (nSPS) is 25.1. The first kappa shape index (κ1) is 15.8. The Balaban J connectivity index is 2.86. The van der Waals surface area contributed by atoms with Gasteiger partial charge in [-0.2, -0.15) is 21.6 Å². The van der Waals surface area contributed by atoms with Crippen LogP contribution in [0.4, 0.5) is 13.2 Å². The van der Waals surface area contributed by atoms with Gasteiger partial charge in [-0.3, -0.25) is 4.18 Å². The molecule has 0 spiro atoms. The zero-order valence-corrected chi connectivity index (χ0v) is 11.8. The van der Waals surface area contributed by atoms with Crippen LogP contribution in [-0.2, 0) is 14.3 Å². The molecule has 0 amide bonds. The van der Waals surface area contributed by atoms with Crippen molar-refractivity contribution in [2.24, 2.45) is 10.8 Å². The van der Waals surface area contributed by atoms with Crippen molar-refractivity contribution in [3.8, 4) is 0 Å². The van der Waals surface area contributed by atoms with Gasteiger partial charge in [-0.25, -0.2) is 0 Å². The summed E-state index contributed by atoms with van der Waals surface area (Å²) in [5, 5.41) is 0. The van der Waals surface area contributed by atoms with E-state index in [0.29, 0.717) is 12.8 Å². The lowest BCUT2D eigenvalue weighted by molar-refractivity contribution is -0.0653. The Hall–Kier alpha value is -0.300. The Kier molecular flexibility index (Phi) is 3.82. The molecule has 0 radical (unpaired) electrons. The molecule has 0 unspecified atom stereocenters. The van der Waals surface area contributed by atoms with E-state index in [-0.39, 0.29) is 10.8 Å². The van der Waals surface area contributed by atoms with Gasteiger partial charge in [0, 0.05) is 0 Å². The van der Waals surface area contributed by atoms with Gasteiger partial charge in [0.25, 0.3) is 0 Å². The molecule has 0 aromatic heterocycles. The fraction of sp³-hybridized carbons (Fsp3) is 1.00. The minimum Gasteiger partial charge on any atom is -0.260 e. The van der Waals surface area contributed by atoms with Gasteiger partial charge in [0.15, 0.2) is 0 Å². The third kappa shape index (κ3) is 3.85. The molecule has 0 aliphatic heterocycles. The molecule has 1 saturated carbocycles. The molecule has 1 rings (SSSR count). The van der Waals surface area contributed by atoms with Crippen LogP contribution < -0.4 is 0 Å². The van der Waals surface area contributed by atoms with Crippen molar-refractivity contribution in [3.05, 3.63) is 0 Å². The quantitative estimate of drug-likeness (QED) is 0.577. The van der Waals surface area contributed by atoms with Crippen LogP contribution in [0.1, 0.15) is 47.0 Å². The molecular formula is C11H19F3O3S. The highest BCUT2D eigenvalue weighted by Crippen LogP contribution is 2.47. The summed E-state index contributed by atoms with van der Waals surface area (Å²) in [6.45, 7) is 7.63. The summed E-state index contributed by atoms with van der Waals surface area (Å²) in [4.78, 5) is 0. The maximum atomic E-state index is 12.3. The first-order chi connectivity index (χ1) is 7.74. The molecule has 0 atom stereocenters. The largest absolute Gasteiger partial charge is 0.523 e. The minimum atomic E-state index is -5.50. The predicted molar refractivity (Wildman–Crippen MR) is 61.3 cm³/mol. The number of rotatable bonds is 2. The van der Waals surface area contributed by atoms with Gasteiger partial charge in [0.05, 0.1) is 6.10 Å². The zero-order valence-electron chi connectivity index (χ0n) is 11.0. The smallest absolute Gasteiger partial charge is 0.260 e. The molecule has 3 nitrogen and oxygen atoms in total. The molecule has 0 aromatic carbocycles. The summed E-state index contributed by atoms with van der Waals surface area (Å²) in [7, 11) is -5.50. The molecule has 108 valence electrons. The summed E-state index contributed by atoms with van der Waals surface area (Å²) in [5.41, 5.74) is -5.81. The van der Waals surface area contributed by atoms with Crippen molar-refractivity contribution < 1.29 is 25.8 Å². The second-order valence-corrected chi connectivity index (χ2v) is 8.10. The highest BCUT2D eigenvalue weighted by Gasteiger charge is 2.50. The van der Waals surface area contributed by atoms with Crippen molar-refractivity contribution in [3.63, 3.8) is 0 Å². The molecule has 7 heteroatoms. The first-order valence-corrected chi connectivity index (χ1v) is 7.15. The van der Waals surface area contributed by atoms with E-state index in [1.54, 1.807) is 0 Å². The molecule has 0 saturated heterocycles. The van der Waals surface area contributed by atoms with Crippen LogP contribution in [0.25, 0.3) is 0 Å². The van der Waals surface area contributed by atoms with Crippen molar-refractivity contribution in [1.29, 1.82) is 0 Å². The van der Waals surface area contributed by atoms with Gasteiger partial charge < -0.3 is 0 Å². The summed E-state index contributed by atoms with van der Waals surface area (Å²) in [6, 6.07) is 0. The fourth-order valence-electron chi connectivity index (χ4n) is 3.05. The zero-order chi connectivity index (χ0) is 14.4. The predicted octanol–water partition coefficient (Wildman–Crippen LogP) is 3.46.